The zero-order chi connectivity index (χ0) is 17.7. The zero-order valence-electron chi connectivity index (χ0n) is 12.1. The Labute approximate surface area is 134 Å². The highest BCUT2D eigenvalue weighted by Crippen LogP contribution is 2.32. The highest BCUT2D eigenvalue weighted by atomic mass is 19.4. The molecule has 2 aromatic carbocycles. The van der Waals surface area contributed by atoms with E-state index in [-0.39, 0.29) is 16.8 Å². The van der Waals surface area contributed by atoms with Gasteiger partial charge < -0.3 is 5.32 Å². The molecule has 0 aliphatic heterocycles. The number of ketones is 1. The lowest BCUT2D eigenvalue weighted by Crippen LogP contribution is -2.10. The van der Waals surface area contributed by atoms with E-state index in [0.717, 1.165) is 24.4 Å². The van der Waals surface area contributed by atoms with E-state index in [2.05, 4.69) is 5.32 Å². The van der Waals surface area contributed by atoms with Crippen LogP contribution in [0.15, 0.2) is 60.9 Å². The Bertz CT molecular complexity index is 787. The Balaban J connectivity index is 2.47. The molecule has 0 fully saturated rings. The number of nitrogens with one attached hydrogen (secondary N) is 1. The van der Waals surface area contributed by atoms with Gasteiger partial charge in [-0.1, -0.05) is 30.3 Å². The molecule has 0 saturated heterocycles. The van der Waals surface area contributed by atoms with E-state index in [1.165, 1.54) is 12.1 Å². The molecule has 0 aliphatic carbocycles. The number of nitrogens with zero attached hydrogens (tertiary/aromatic N) is 1. The number of benzene rings is 2. The van der Waals surface area contributed by atoms with Crippen LogP contribution in [0.25, 0.3) is 0 Å². The molecule has 0 atom stereocenters. The van der Waals surface area contributed by atoms with Crippen molar-refractivity contribution in [2.75, 3.05) is 5.32 Å². The summed E-state index contributed by atoms with van der Waals surface area (Å²) in [7, 11) is 0. The van der Waals surface area contributed by atoms with Crippen LogP contribution in [-0.4, -0.2) is 10.7 Å². The van der Waals surface area contributed by atoms with Gasteiger partial charge in [0.15, 0.2) is 5.78 Å². The summed E-state index contributed by atoms with van der Waals surface area (Å²) in [5.74, 6) is -0.626. The maximum absolute atomic E-state index is 12.9. The van der Waals surface area contributed by atoms with Gasteiger partial charge in [-0.05, 0) is 18.2 Å². The monoisotopic (exact) mass is 336 g/mol. The average molecular weight is 336 g/mol. The summed E-state index contributed by atoms with van der Waals surface area (Å²) in [6, 6.07) is 10.4. The SMILES string of the molecule is O=C(c1ccccc1)c1cc(C(F)(F)F)ccc1N/C=C/[N+](=O)[O-]. The minimum Gasteiger partial charge on any atom is -0.356 e. The highest BCUT2D eigenvalue weighted by molar-refractivity contribution is 6.12. The molecular formula is C16H11F3N2O3. The first-order valence-corrected chi connectivity index (χ1v) is 6.67. The lowest BCUT2D eigenvalue weighted by molar-refractivity contribution is -0.402. The van der Waals surface area contributed by atoms with E-state index >= 15 is 0 Å². The van der Waals surface area contributed by atoms with Gasteiger partial charge >= 0.3 is 6.18 Å². The molecular weight excluding hydrogens is 325 g/mol. The van der Waals surface area contributed by atoms with Gasteiger partial charge in [-0.25, -0.2) is 0 Å². The first kappa shape index (κ1) is 17.2. The molecule has 8 heteroatoms. The molecule has 0 aliphatic rings. The lowest BCUT2D eigenvalue weighted by Gasteiger charge is -2.12. The molecule has 0 heterocycles. The molecule has 0 spiro atoms. The van der Waals surface area contributed by atoms with Crippen molar-refractivity contribution in [1.29, 1.82) is 0 Å². The summed E-state index contributed by atoms with van der Waals surface area (Å²) in [4.78, 5) is 22.0. The number of hydrogen-bond donors (Lipinski definition) is 1. The van der Waals surface area contributed by atoms with Gasteiger partial charge in [0.05, 0.1) is 16.7 Å². The lowest BCUT2D eigenvalue weighted by atomic mass is 9.99. The van der Waals surface area contributed by atoms with Crippen molar-refractivity contribution >= 4 is 11.5 Å². The van der Waals surface area contributed by atoms with Crippen LogP contribution in [0.2, 0.25) is 0 Å². The Hall–Kier alpha value is -3.16. The van der Waals surface area contributed by atoms with Crippen molar-refractivity contribution < 1.29 is 22.9 Å². The number of hydrogen-bond acceptors (Lipinski definition) is 4. The average Bonchev–Trinajstić information content (AvgIpc) is 2.54. The van der Waals surface area contributed by atoms with Crippen LogP contribution in [0.3, 0.4) is 0 Å². The molecule has 2 aromatic rings. The molecule has 124 valence electrons. The summed E-state index contributed by atoms with van der Waals surface area (Å²) < 4.78 is 38.7. The van der Waals surface area contributed by atoms with Gasteiger partial charge in [0, 0.05) is 16.8 Å². The topological polar surface area (TPSA) is 72.2 Å². The van der Waals surface area contributed by atoms with Gasteiger partial charge in [-0.15, -0.1) is 0 Å². The van der Waals surface area contributed by atoms with Crippen LogP contribution in [-0.2, 0) is 6.18 Å². The number of carbonyl (C=O) groups excluding carboxylic acids is 1. The minimum absolute atomic E-state index is 0.0370. The van der Waals surface area contributed by atoms with Crippen LogP contribution in [0.5, 0.6) is 0 Å². The molecule has 24 heavy (non-hydrogen) atoms. The molecule has 0 amide bonds. The fraction of sp³-hybridized carbons (Fsp3) is 0.0625. The first-order valence-electron chi connectivity index (χ1n) is 6.67. The maximum atomic E-state index is 12.9. The number of carbonyl (C=O) groups is 1. The standard InChI is InChI=1S/C16H11F3N2O3/c17-16(18,19)12-6-7-14(20-8-9-21(23)24)13(10-12)15(22)11-4-2-1-3-5-11/h1-10,20H/b9-8+. The van der Waals surface area contributed by atoms with E-state index in [9.17, 15) is 28.1 Å². The molecule has 1 N–H and O–H groups in total. The van der Waals surface area contributed by atoms with E-state index < -0.39 is 22.4 Å². The third kappa shape index (κ3) is 4.19. The minimum atomic E-state index is -4.61. The van der Waals surface area contributed by atoms with E-state index in [4.69, 9.17) is 0 Å². The van der Waals surface area contributed by atoms with Crippen LogP contribution in [0.1, 0.15) is 21.5 Å². The summed E-state index contributed by atoms with van der Waals surface area (Å²) in [6.45, 7) is 0. The van der Waals surface area contributed by atoms with Gasteiger partial charge in [-0.2, -0.15) is 13.2 Å². The molecule has 0 unspecified atom stereocenters. The van der Waals surface area contributed by atoms with Crippen molar-refractivity contribution in [3.8, 4) is 0 Å². The number of nitro groups is 1. The summed E-state index contributed by atoms with van der Waals surface area (Å²) >= 11 is 0. The number of anilines is 1. The van der Waals surface area contributed by atoms with Gasteiger partial charge in [0.25, 0.3) is 0 Å². The maximum Gasteiger partial charge on any atom is 0.416 e. The summed E-state index contributed by atoms with van der Waals surface area (Å²) in [5, 5.41) is 12.7. The number of rotatable bonds is 5. The molecule has 0 saturated carbocycles. The van der Waals surface area contributed by atoms with Crippen molar-refractivity contribution in [2.24, 2.45) is 0 Å². The Morgan fingerprint density at radius 3 is 2.38 bits per heavy atom. The summed E-state index contributed by atoms with van der Waals surface area (Å²) in [5.41, 5.74) is -0.970. The molecule has 0 radical (unpaired) electrons. The molecule has 2 rings (SSSR count). The Morgan fingerprint density at radius 1 is 1.12 bits per heavy atom. The predicted molar refractivity (Wildman–Crippen MR) is 81.1 cm³/mol. The third-order valence-corrected chi connectivity index (χ3v) is 3.06. The molecule has 0 bridgehead atoms. The van der Waals surface area contributed by atoms with Crippen molar-refractivity contribution in [3.05, 3.63) is 87.7 Å². The first-order chi connectivity index (χ1) is 11.3. The van der Waals surface area contributed by atoms with Crippen molar-refractivity contribution in [1.82, 2.24) is 0 Å². The van der Waals surface area contributed by atoms with Gasteiger partial charge in [0.2, 0.25) is 6.20 Å². The predicted octanol–water partition coefficient (Wildman–Crippen LogP) is 4.10. The second-order valence-electron chi connectivity index (χ2n) is 4.70. The van der Waals surface area contributed by atoms with Crippen LogP contribution < -0.4 is 5.32 Å². The van der Waals surface area contributed by atoms with Gasteiger partial charge in [-0.3, -0.25) is 14.9 Å². The summed E-state index contributed by atoms with van der Waals surface area (Å²) in [6.07, 6.45) is -3.10. The fourth-order valence-corrected chi connectivity index (χ4v) is 1.97. The highest BCUT2D eigenvalue weighted by Gasteiger charge is 2.31. The normalized spacial score (nSPS) is 11.5. The van der Waals surface area contributed by atoms with E-state index in [1.807, 2.05) is 0 Å². The largest absolute Gasteiger partial charge is 0.416 e. The van der Waals surface area contributed by atoms with Crippen molar-refractivity contribution in [3.63, 3.8) is 0 Å². The second kappa shape index (κ2) is 6.95. The Morgan fingerprint density at radius 2 is 1.79 bits per heavy atom. The van der Waals surface area contributed by atoms with E-state index in [1.54, 1.807) is 18.2 Å². The van der Waals surface area contributed by atoms with Crippen LogP contribution >= 0.6 is 0 Å². The van der Waals surface area contributed by atoms with Crippen molar-refractivity contribution in [2.45, 2.75) is 6.18 Å². The zero-order valence-corrected chi connectivity index (χ0v) is 12.1. The Kier molecular flexibility index (Phi) is 4.98. The quantitative estimate of drug-likeness (QED) is 0.507. The van der Waals surface area contributed by atoms with E-state index in [0.29, 0.717) is 6.20 Å². The number of alkyl halides is 3. The van der Waals surface area contributed by atoms with Crippen LogP contribution in [0.4, 0.5) is 18.9 Å². The molecule has 0 aromatic heterocycles. The fourth-order valence-electron chi connectivity index (χ4n) is 1.97. The third-order valence-electron chi connectivity index (χ3n) is 3.06. The smallest absolute Gasteiger partial charge is 0.356 e. The molecule has 5 nitrogen and oxygen atoms in total. The van der Waals surface area contributed by atoms with Gasteiger partial charge in [0.1, 0.15) is 0 Å². The van der Waals surface area contributed by atoms with Crippen LogP contribution in [0, 0.1) is 10.1 Å². The number of halogens is 3. The second-order valence-corrected chi connectivity index (χ2v) is 4.70.